The second kappa shape index (κ2) is 11.2. The van der Waals surface area contributed by atoms with Crippen LogP contribution < -0.4 is 11.1 Å². The van der Waals surface area contributed by atoms with Gasteiger partial charge < -0.3 is 16.3 Å². The molecule has 0 aliphatic carbocycles. The number of rotatable bonds is 10. The SMILES string of the molecule is CCCCCCCCCC(=O)NCC(N)=NO. The molecule has 0 atom stereocenters. The number of hydrogen-bond donors (Lipinski definition) is 3. The Labute approximate surface area is 103 Å². The second-order valence-electron chi connectivity index (χ2n) is 4.24. The quantitative estimate of drug-likeness (QED) is 0.180. The number of oxime groups is 1. The van der Waals surface area contributed by atoms with Crippen molar-refractivity contribution in [2.45, 2.75) is 58.3 Å². The first-order valence-corrected chi connectivity index (χ1v) is 6.43. The van der Waals surface area contributed by atoms with Gasteiger partial charge in [0.15, 0.2) is 5.84 Å². The van der Waals surface area contributed by atoms with Crippen molar-refractivity contribution in [3.8, 4) is 0 Å². The average Bonchev–Trinajstić information content (AvgIpc) is 2.34. The van der Waals surface area contributed by atoms with Gasteiger partial charge in [0.25, 0.3) is 0 Å². The fraction of sp³-hybridized carbons (Fsp3) is 0.833. The summed E-state index contributed by atoms with van der Waals surface area (Å²) >= 11 is 0. The van der Waals surface area contributed by atoms with Gasteiger partial charge in [-0.15, -0.1) is 0 Å². The van der Waals surface area contributed by atoms with Crippen LogP contribution in [0.2, 0.25) is 0 Å². The van der Waals surface area contributed by atoms with Crippen LogP contribution in [0.15, 0.2) is 5.16 Å². The Kier molecular flexibility index (Phi) is 10.4. The maximum Gasteiger partial charge on any atom is 0.220 e. The molecule has 0 fully saturated rings. The third kappa shape index (κ3) is 11.0. The number of carbonyl (C=O) groups excluding carboxylic acids is 1. The van der Waals surface area contributed by atoms with E-state index < -0.39 is 0 Å². The van der Waals surface area contributed by atoms with Crippen molar-refractivity contribution in [1.82, 2.24) is 5.32 Å². The number of nitrogens with zero attached hydrogens (tertiary/aromatic N) is 1. The number of nitrogens with one attached hydrogen (secondary N) is 1. The van der Waals surface area contributed by atoms with Crippen LogP contribution in [0, 0.1) is 0 Å². The molecule has 0 rings (SSSR count). The molecule has 0 aliphatic heterocycles. The lowest BCUT2D eigenvalue weighted by Gasteiger charge is -2.04. The number of unbranched alkanes of at least 4 members (excludes halogenated alkanes) is 6. The van der Waals surface area contributed by atoms with E-state index in [1.165, 1.54) is 32.1 Å². The Hall–Kier alpha value is -1.26. The van der Waals surface area contributed by atoms with Crippen molar-refractivity contribution in [1.29, 1.82) is 0 Å². The summed E-state index contributed by atoms with van der Waals surface area (Å²) in [5.74, 6) is -0.0110. The molecule has 0 radical (unpaired) electrons. The highest BCUT2D eigenvalue weighted by atomic mass is 16.4. The van der Waals surface area contributed by atoms with Crippen LogP contribution in [0.3, 0.4) is 0 Å². The first kappa shape index (κ1) is 15.7. The summed E-state index contributed by atoms with van der Waals surface area (Å²) < 4.78 is 0. The van der Waals surface area contributed by atoms with E-state index in [-0.39, 0.29) is 18.3 Å². The van der Waals surface area contributed by atoms with Gasteiger partial charge in [0.1, 0.15) is 0 Å². The number of hydrogen-bond acceptors (Lipinski definition) is 3. The lowest BCUT2D eigenvalue weighted by molar-refractivity contribution is -0.120. The number of carbonyl (C=O) groups is 1. The maximum atomic E-state index is 11.3. The van der Waals surface area contributed by atoms with Gasteiger partial charge in [-0.2, -0.15) is 0 Å². The van der Waals surface area contributed by atoms with E-state index in [1.54, 1.807) is 0 Å². The molecule has 0 saturated carbocycles. The molecule has 5 nitrogen and oxygen atoms in total. The molecule has 0 aliphatic rings. The van der Waals surface area contributed by atoms with Gasteiger partial charge in [-0.25, -0.2) is 0 Å². The van der Waals surface area contributed by atoms with Crippen LogP contribution >= 0.6 is 0 Å². The molecular weight excluding hydrogens is 218 g/mol. The zero-order chi connectivity index (χ0) is 12.9. The van der Waals surface area contributed by atoms with E-state index in [1.807, 2.05) is 0 Å². The van der Waals surface area contributed by atoms with E-state index in [9.17, 15) is 4.79 Å². The molecule has 0 spiro atoms. The van der Waals surface area contributed by atoms with E-state index in [4.69, 9.17) is 10.9 Å². The molecule has 100 valence electrons. The fourth-order valence-corrected chi connectivity index (χ4v) is 1.56. The summed E-state index contributed by atoms with van der Waals surface area (Å²) in [4.78, 5) is 11.3. The Morgan fingerprint density at radius 3 is 2.35 bits per heavy atom. The van der Waals surface area contributed by atoms with Crippen LogP contribution in [-0.2, 0) is 4.79 Å². The molecule has 0 aromatic rings. The summed E-state index contributed by atoms with van der Waals surface area (Å²) in [7, 11) is 0. The Morgan fingerprint density at radius 1 is 1.18 bits per heavy atom. The fourth-order valence-electron chi connectivity index (χ4n) is 1.56. The van der Waals surface area contributed by atoms with Gasteiger partial charge in [0.2, 0.25) is 5.91 Å². The summed E-state index contributed by atoms with van der Waals surface area (Å²) in [6, 6.07) is 0. The molecule has 0 saturated heterocycles. The summed E-state index contributed by atoms with van der Waals surface area (Å²) in [6.07, 6.45) is 8.86. The molecule has 5 heteroatoms. The summed E-state index contributed by atoms with van der Waals surface area (Å²) in [5, 5.41) is 13.6. The lowest BCUT2D eigenvalue weighted by Crippen LogP contribution is -2.33. The minimum atomic E-state index is -0.0369. The maximum absolute atomic E-state index is 11.3. The van der Waals surface area contributed by atoms with Gasteiger partial charge >= 0.3 is 0 Å². The van der Waals surface area contributed by atoms with Crippen molar-refractivity contribution in [2.24, 2.45) is 10.9 Å². The van der Waals surface area contributed by atoms with Crippen LogP contribution in [0.1, 0.15) is 58.3 Å². The van der Waals surface area contributed by atoms with Crippen molar-refractivity contribution in [2.75, 3.05) is 6.54 Å². The predicted molar refractivity (Wildman–Crippen MR) is 69.0 cm³/mol. The van der Waals surface area contributed by atoms with Crippen LogP contribution in [0.25, 0.3) is 0 Å². The highest BCUT2D eigenvalue weighted by Crippen LogP contribution is 2.08. The second-order valence-corrected chi connectivity index (χ2v) is 4.24. The van der Waals surface area contributed by atoms with Crippen molar-refractivity contribution >= 4 is 11.7 Å². The smallest absolute Gasteiger partial charge is 0.220 e. The summed E-state index contributed by atoms with van der Waals surface area (Å²) in [6.45, 7) is 2.32. The molecule has 1 amide bonds. The summed E-state index contributed by atoms with van der Waals surface area (Å²) in [5.41, 5.74) is 5.23. The Morgan fingerprint density at radius 2 is 1.76 bits per heavy atom. The van der Waals surface area contributed by atoms with Gasteiger partial charge in [-0.1, -0.05) is 50.6 Å². The van der Waals surface area contributed by atoms with Gasteiger partial charge in [0, 0.05) is 6.42 Å². The first-order chi connectivity index (χ1) is 8.20. The van der Waals surface area contributed by atoms with Crippen LogP contribution in [0.4, 0.5) is 0 Å². The Bertz CT molecular complexity index is 230. The average molecular weight is 243 g/mol. The molecule has 0 aromatic heterocycles. The first-order valence-electron chi connectivity index (χ1n) is 6.43. The van der Waals surface area contributed by atoms with Gasteiger partial charge in [-0.05, 0) is 6.42 Å². The van der Waals surface area contributed by atoms with E-state index in [0.29, 0.717) is 6.42 Å². The van der Waals surface area contributed by atoms with Gasteiger partial charge in [0.05, 0.1) is 6.54 Å². The third-order valence-corrected chi connectivity index (χ3v) is 2.60. The predicted octanol–water partition coefficient (Wildman–Crippen LogP) is 1.99. The topological polar surface area (TPSA) is 87.7 Å². The zero-order valence-electron chi connectivity index (χ0n) is 10.7. The standard InChI is InChI=1S/C12H25N3O2/c1-2-3-4-5-6-7-8-9-12(16)14-10-11(13)15-17/h17H,2-10H2,1H3,(H2,13,15)(H,14,16). The lowest BCUT2D eigenvalue weighted by atomic mass is 10.1. The van der Waals surface area contributed by atoms with E-state index in [2.05, 4.69) is 17.4 Å². The highest BCUT2D eigenvalue weighted by Gasteiger charge is 2.01. The molecule has 0 unspecified atom stereocenters. The number of amidine groups is 1. The minimum absolute atomic E-state index is 0.0258. The highest BCUT2D eigenvalue weighted by molar-refractivity contribution is 5.86. The van der Waals surface area contributed by atoms with Crippen LogP contribution in [-0.4, -0.2) is 23.5 Å². The molecule has 4 N–H and O–H groups in total. The minimum Gasteiger partial charge on any atom is -0.409 e. The molecule has 17 heavy (non-hydrogen) atoms. The monoisotopic (exact) mass is 243 g/mol. The van der Waals surface area contributed by atoms with Crippen molar-refractivity contribution in [3.05, 3.63) is 0 Å². The van der Waals surface area contributed by atoms with E-state index in [0.717, 1.165) is 12.8 Å². The van der Waals surface area contributed by atoms with Crippen molar-refractivity contribution in [3.63, 3.8) is 0 Å². The zero-order valence-corrected chi connectivity index (χ0v) is 10.7. The Balaban J connectivity index is 3.28. The molecule has 0 bridgehead atoms. The number of amides is 1. The number of nitrogens with two attached hydrogens (primary N) is 1. The largest absolute Gasteiger partial charge is 0.409 e. The molecular formula is C12H25N3O2. The molecule has 0 aromatic carbocycles. The van der Waals surface area contributed by atoms with Crippen molar-refractivity contribution < 1.29 is 10.0 Å². The van der Waals surface area contributed by atoms with E-state index >= 15 is 0 Å². The van der Waals surface area contributed by atoms with Crippen LogP contribution in [0.5, 0.6) is 0 Å². The molecule has 0 heterocycles. The third-order valence-electron chi connectivity index (χ3n) is 2.60. The normalized spacial score (nSPS) is 11.5. The van der Waals surface area contributed by atoms with Gasteiger partial charge in [-0.3, -0.25) is 4.79 Å².